The van der Waals surface area contributed by atoms with E-state index in [0.29, 0.717) is 64.6 Å². The van der Waals surface area contributed by atoms with E-state index in [9.17, 15) is 9.59 Å². The number of benzene rings is 2. The third-order valence-electron chi connectivity index (χ3n) is 7.92. The van der Waals surface area contributed by atoms with Crippen LogP contribution in [0.3, 0.4) is 0 Å². The highest BCUT2D eigenvalue weighted by Crippen LogP contribution is 2.29. The molecule has 0 saturated carbocycles. The van der Waals surface area contributed by atoms with Crippen LogP contribution in [-0.4, -0.2) is 72.9 Å². The largest absolute Gasteiger partial charge is 0.379 e. The van der Waals surface area contributed by atoms with Crippen LogP contribution in [0.25, 0.3) is 0 Å². The second kappa shape index (κ2) is 19.2. The molecule has 0 aliphatic carbocycles. The topological polar surface area (TPSA) is 172 Å². The Kier molecular flexibility index (Phi) is 13.9. The Hall–Kier alpha value is -4.81. The second-order valence-electron chi connectivity index (χ2n) is 11.9. The normalized spacial score (nSPS) is 12.7. The molecule has 1 aliphatic rings. The summed E-state index contributed by atoms with van der Waals surface area (Å²) in [5, 5.41) is 14.0. The van der Waals surface area contributed by atoms with Crippen molar-refractivity contribution in [3.05, 3.63) is 116 Å². The number of hydrogen-bond acceptors (Lipinski definition) is 14. The Morgan fingerprint density at radius 1 is 0.727 bits per heavy atom. The van der Waals surface area contributed by atoms with Crippen molar-refractivity contribution in [3.63, 3.8) is 0 Å². The summed E-state index contributed by atoms with van der Waals surface area (Å²) in [5.41, 5.74) is 4.60. The maximum absolute atomic E-state index is 12.6. The van der Waals surface area contributed by atoms with Gasteiger partial charge < -0.3 is 26.0 Å². The van der Waals surface area contributed by atoms with E-state index in [1.165, 1.54) is 47.7 Å². The number of nitrogens with zero attached hydrogens (tertiary/aromatic N) is 7. The van der Waals surface area contributed by atoms with Gasteiger partial charge in [-0.2, -0.15) is 0 Å². The minimum atomic E-state index is -0.272. The van der Waals surface area contributed by atoms with E-state index in [-0.39, 0.29) is 11.8 Å². The summed E-state index contributed by atoms with van der Waals surface area (Å²) in [5.74, 6) is 0.962. The van der Waals surface area contributed by atoms with Gasteiger partial charge in [0.2, 0.25) is 0 Å². The highest BCUT2D eigenvalue weighted by atomic mass is 35.5. The molecule has 284 valence electrons. The van der Waals surface area contributed by atoms with Crippen molar-refractivity contribution >= 4 is 103 Å². The number of amides is 2. The number of aromatic nitrogens is 6. The zero-order chi connectivity index (χ0) is 38.7. The number of ether oxygens (including phenoxy) is 1. The van der Waals surface area contributed by atoms with E-state index in [4.69, 9.17) is 39.5 Å². The summed E-state index contributed by atoms with van der Waals surface area (Å²) in [7, 11) is 0. The summed E-state index contributed by atoms with van der Waals surface area (Å²) < 4.78 is 5.38. The highest BCUT2D eigenvalue weighted by Gasteiger charge is 2.17. The van der Waals surface area contributed by atoms with Crippen LogP contribution >= 0.6 is 57.5 Å². The molecule has 55 heavy (non-hydrogen) atoms. The Labute approximate surface area is 339 Å². The smallest absolute Gasteiger partial charge is 0.267 e. The fourth-order valence-electron chi connectivity index (χ4n) is 5.10. The van der Waals surface area contributed by atoms with Crippen molar-refractivity contribution in [1.29, 1.82) is 0 Å². The number of halogens is 3. The van der Waals surface area contributed by atoms with Gasteiger partial charge in [0.1, 0.15) is 34.0 Å². The van der Waals surface area contributed by atoms with Gasteiger partial charge in [-0.05, 0) is 37.1 Å². The van der Waals surface area contributed by atoms with Gasteiger partial charge >= 0.3 is 0 Å². The zero-order valence-corrected chi connectivity index (χ0v) is 33.4. The molecule has 7 rings (SSSR count). The van der Waals surface area contributed by atoms with Crippen LogP contribution in [-0.2, 0) is 17.2 Å². The molecule has 0 atom stereocenters. The van der Waals surface area contributed by atoms with Crippen LogP contribution in [0.15, 0.2) is 73.6 Å². The molecule has 4 aromatic heterocycles. The van der Waals surface area contributed by atoms with Crippen LogP contribution in [0.2, 0.25) is 10.0 Å². The lowest BCUT2D eigenvalue weighted by Crippen LogP contribution is -2.35. The van der Waals surface area contributed by atoms with Crippen molar-refractivity contribution in [2.75, 3.05) is 47.6 Å². The SMILES string of the molecule is Cc1cccc(Cl)c1NC(=O)c1cnc(Nc2cc(CCl)ncn2)s1.Cc1cccc(Cl)c1NC(=O)c1cnc(Nc2cc(CN3CCOCC3)ncn2)s1. The molecule has 1 aliphatic heterocycles. The van der Waals surface area contributed by atoms with Crippen LogP contribution in [0, 0.1) is 13.8 Å². The number of aryl methyl sites for hydroxylation is 2. The van der Waals surface area contributed by atoms with Crippen molar-refractivity contribution in [1.82, 2.24) is 34.8 Å². The predicted octanol–water partition coefficient (Wildman–Crippen LogP) is 8.35. The molecule has 0 bridgehead atoms. The highest BCUT2D eigenvalue weighted by molar-refractivity contribution is 7.18. The molecule has 0 radical (unpaired) electrons. The number of hydrogen-bond donors (Lipinski definition) is 4. The van der Waals surface area contributed by atoms with Gasteiger partial charge in [0.05, 0.1) is 64.3 Å². The molecule has 1 fully saturated rings. The van der Waals surface area contributed by atoms with Crippen molar-refractivity contribution in [2.45, 2.75) is 26.3 Å². The fourth-order valence-corrected chi connectivity index (χ4v) is 7.22. The number of para-hydroxylation sites is 2. The van der Waals surface area contributed by atoms with Crippen LogP contribution in [0.5, 0.6) is 0 Å². The van der Waals surface area contributed by atoms with Crippen LogP contribution in [0.1, 0.15) is 41.9 Å². The van der Waals surface area contributed by atoms with Gasteiger partial charge in [-0.15, -0.1) is 11.6 Å². The first-order valence-corrected chi connectivity index (χ1v) is 19.6. The number of rotatable bonds is 11. The molecule has 14 nitrogen and oxygen atoms in total. The molecule has 0 spiro atoms. The Morgan fingerprint density at radius 3 is 1.71 bits per heavy atom. The lowest BCUT2D eigenvalue weighted by molar-refractivity contribution is 0.0336. The summed E-state index contributed by atoms with van der Waals surface area (Å²) >= 11 is 20.5. The van der Waals surface area contributed by atoms with Crippen molar-refractivity contribution in [2.24, 2.45) is 0 Å². The average molecular weight is 839 g/mol. The summed E-state index contributed by atoms with van der Waals surface area (Å²) in [4.78, 5) is 53.4. The molecular formula is C36H34Cl3N11O3S2. The maximum Gasteiger partial charge on any atom is 0.267 e. The molecule has 2 amide bonds. The minimum Gasteiger partial charge on any atom is -0.379 e. The number of alkyl halides is 1. The van der Waals surface area contributed by atoms with E-state index >= 15 is 0 Å². The van der Waals surface area contributed by atoms with E-state index in [0.717, 1.165) is 49.7 Å². The first kappa shape index (κ1) is 39.9. The molecule has 6 aromatic rings. The quantitative estimate of drug-likeness (QED) is 0.0921. The van der Waals surface area contributed by atoms with Gasteiger partial charge in [-0.3, -0.25) is 14.5 Å². The summed E-state index contributed by atoms with van der Waals surface area (Å²) in [6.07, 6.45) is 5.98. The molecule has 1 saturated heterocycles. The van der Waals surface area contributed by atoms with Gasteiger partial charge in [0.25, 0.3) is 11.8 Å². The van der Waals surface area contributed by atoms with Crippen molar-refractivity contribution < 1.29 is 14.3 Å². The third-order valence-corrected chi connectivity index (χ3v) is 10.7. The number of carbonyl (C=O) groups excluding carboxylic acids is 2. The lowest BCUT2D eigenvalue weighted by atomic mass is 10.2. The standard InChI is InChI=1S/C20H21ClN6O2S.C16H13Cl2N5OS/c1-13-3-2-4-15(21)18(13)26-19(28)16-10-22-20(30-16)25-17-9-14(23-12-24-17)11-27-5-7-29-8-6-27;1-9-3-2-4-11(18)14(9)23-15(24)12-7-19-16(25-12)22-13-5-10(6-17)20-8-21-13/h2-4,9-10,12H,5-8,11H2,1H3,(H,26,28)(H,22,23,24,25);2-5,7-8H,6H2,1H3,(H,23,24)(H,19,20,21,22). The third kappa shape index (κ3) is 11.1. The van der Waals surface area contributed by atoms with Crippen molar-refractivity contribution in [3.8, 4) is 0 Å². The monoisotopic (exact) mass is 837 g/mol. The number of morpholine rings is 1. The molecule has 4 N–H and O–H groups in total. The first-order valence-electron chi connectivity index (χ1n) is 16.7. The molecule has 2 aromatic carbocycles. The number of thiazole rings is 2. The van der Waals surface area contributed by atoms with Gasteiger partial charge in [-0.1, -0.05) is 70.1 Å². The van der Waals surface area contributed by atoms with Crippen LogP contribution in [0.4, 0.5) is 33.3 Å². The van der Waals surface area contributed by atoms with Crippen LogP contribution < -0.4 is 21.3 Å². The van der Waals surface area contributed by atoms with E-state index in [1.807, 2.05) is 44.2 Å². The Bertz CT molecular complexity index is 2230. The Balaban J connectivity index is 0.000000190. The Morgan fingerprint density at radius 2 is 1.22 bits per heavy atom. The van der Waals surface area contributed by atoms with E-state index < -0.39 is 0 Å². The summed E-state index contributed by atoms with van der Waals surface area (Å²) in [6.45, 7) is 7.78. The second-order valence-corrected chi connectivity index (χ2v) is 15.0. The maximum atomic E-state index is 12.6. The molecule has 5 heterocycles. The lowest BCUT2D eigenvalue weighted by Gasteiger charge is -2.26. The zero-order valence-electron chi connectivity index (χ0n) is 29.5. The summed E-state index contributed by atoms with van der Waals surface area (Å²) in [6, 6.07) is 14.5. The first-order chi connectivity index (χ1) is 26.6. The van der Waals surface area contributed by atoms with E-state index in [2.05, 4.69) is 56.1 Å². The fraction of sp³-hybridized carbons (Fsp3) is 0.222. The minimum absolute atomic E-state index is 0.257. The molecular weight excluding hydrogens is 805 g/mol. The van der Waals surface area contributed by atoms with Gasteiger partial charge in [0.15, 0.2) is 10.3 Å². The number of anilines is 6. The average Bonchev–Trinajstić information content (AvgIpc) is 3.86. The van der Waals surface area contributed by atoms with Gasteiger partial charge in [0, 0.05) is 31.8 Å². The number of carbonyl (C=O) groups is 2. The molecule has 0 unspecified atom stereocenters. The van der Waals surface area contributed by atoms with E-state index in [1.54, 1.807) is 18.2 Å². The predicted molar refractivity (Wildman–Crippen MR) is 219 cm³/mol. The number of nitrogens with one attached hydrogen (secondary N) is 4. The molecule has 19 heteroatoms. The van der Waals surface area contributed by atoms with Gasteiger partial charge in [-0.25, -0.2) is 29.9 Å².